The van der Waals surface area contributed by atoms with E-state index < -0.39 is 0 Å². The van der Waals surface area contributed by atoms with E-state index in [1.54, 1.807) is 0 Å². The SMILES string of the molecule is CC1(C(=O)NC2CCSc3ccccc32)CCCC1N. The fourth-order valence-corrected chi connectivity index (χ4v) is 4.42. The van der Waals surface area contributed by atoms with Crippen molar-refractivity contribution in [2.24, 2.45) is 11.1 Å². The highest BCUT2D eigenvalue weighted by Gasteiger charge is 2.43. The number of hydrogen-bond acceptors (Lipinski definition) is 3. The highest BCUT2D eigenvalue weighted by molar-refractivity contribution is 7.99. The summed E-state index contributed by atoms with van der Waals surface area (Å²) in [7, 11) is 0. The Morgan fingerprint density at radius 2 is 2.20 bits per heavy atom. The smallest absolute Gasteiger partial charge is 0.227 e. The van der Waals surface area contributed by atoms with Crippen LogP contribution in [0.5, 0.6) is 0 Å². The van der Waals surface area contributed by atoms with E-state index in [-0.39, 0.29) is 23.4 Å². The molecule has 1 aromatic rings. The molecule has 108 valence electrons. The molecule has 1 amide bonds. The molecule has 1 aromatic carbocycles. The predicted molar refractivity (Wildman–Crippen MR) is 82.6 cm³/mol. The van der Waals surface area contributed by atoms with Gasteiger partial charge in [-0.15, -0.1) is 11.8 Å². The Morgan fingerprint density at radius 1 is 1.40 bits per heavy atom. The first kappa shape index (κ1) is 14.0. The first-order valence-corrected chi connectivity index (χ1v) is 8.38. The highest BCUT2D eigenvalue weighted by Crippen LogP contribution is 2.40. The maximum atomic E-state index is 12.7. The number of carbonyl (C=O) groups excluding carboxylic acids is 1. The zero-order valence-electron chi connectivity index (χ0n) is 11.9. The summed E-state index contributed by atoms with van der Waals surface area (Å²) < 4.78 is 0. The molecule has 3 N–H and O–H groups in total. The van der Waals surface area contributed by atoms with Gasteiger partial charge >= 0.3 is 0 Å². The molecular weight excluding hydrogens is 268 g/mol. The Hall–Kier alpha value is -1.00. The average Bonchev–Trinajstić information content (AvgIpc) is 2.80. The Balaban J connectivity index is 1.77. The number of nitrogens with one attached hydrogen (secondary N) is 1. The molecular formula is C16H22N2OS. The van der Waals surface area contributed by atoms with E-state index in [0.717, 1.165) is 31.4 Å². The van der Waals surface area contributed by atoms with Crippen molar-refractivity contribution < 1.29 is 4.79 Å². The van der Waals surface area contributed by atoms with Gasteiger partial charge in [-0.2, -0.15) is 0 Å². The molecule has 1 aliphatic carbocycles. The molecule has 0 saturated heterocycles. The van der Waals surface area contributed by atoms with Gasteiger partial charge in [-0.05, 0) is 37.8 Å². The Morgan fingerprint density at radius 3 is 2.95 bits per heavy atom. The standard InChI is InChI=1S/C16H22N2OS/c1-16(9-4-7-14(16)17)15(19)18-12-8-10-20-13-6-3-2-5-11(12)13/h2-3,5-6,12,14H,4,7-10,17H2,1H3,(H,18,19). The van der Waals surface area contributed by atoms with Crippen LogP contribution in [-0.2, 0) is 4.79 Å². The lowest BCUT2D eigenvalue weighted by molar-refractivity contribution is -0.131. The number of nitrogens with two attached hydrogens (primary N) is 1. The number of hydrogen-bond donors (Lipinski definition) is 2. The number of amides is 1. The number of benzene rings is 1. The lowest BCUT2D eigenvalue weighted by Gasteiger charge is -2.32. The second-order valence-corrected chi connectivity index (χ2v) is 7.25. The predicted octanol–water partition coefficient (Wildman–Crippen LogP) is 2.86. The molecule has 0 spiro atoms. The molecule has 3 nitrogen and oxygen atoms in total. The normalized spacial score (nSPS) is 32.7. The van der Waals surface area contributed by atoms with E-state index in [2.05, 4.69) is 23.5 Å². The lowest BCUT2D eigenvalue weighted by Crippen LogP contribution is -2.48. The topological polar surface area (TPSA) is 55.1 Å². The van der Waals surface area contributed by atoms with Gasteiger partial charge in [0.15, 0.2) is 0 Å². The van der Waals surface area contributed by atoms with Crippen LogP contribution >= 0.6 is 11.8 Å². The van der Waals surface area contributed by atoms with E-state index in [1.165, 1.54) is 10.5 Å². The van der Waals surface area contributed by atoms with Crippen LogP contribution in [0.1, 0.15) is 44.2 Å². The van der Waals surface area contributed by atoms with Gasteiger partial charge in [0, 0.05) is 16.7 Å². The van der Waals surface area contributed by atoms with E-state index in [1.807, 2.05) is 24.8 Å². The van der Waals surface area contributed by atoms with Crippen molar-refractivity contribution in [2.75, 3.05) is 5.75 Å². The lowest BCUT2D eigenvalue weighted by atomic mass is 9.83. The molecule has 1 heterocycles. The Labute approximate surface area is 124 Å². The van der Waals surface area contributed by atoms with Gasteiger partial charge < -0.3 is 11.1 Å². The van der Waals surface area contributed by atoms with Crippen molar-refractivity contribution in [1.82, 2.24) is 5.32 Å². The molecule has 3 unspecified atom stereocenters. The van der Waals surface area contributed by atoms with Crippen LogP contribution < -0.4 is 11.1 Å². The number of thioether (sulfide) groups is 1. The van der Waals surface area contributed by atoms with Crippen molar-refractivity contribution in [3.05, 3.63) is 29.8 Å². The first-order valence-electron chi connectivity index (χ1n) is 7.39. The zero-order chi connectivity index (χ0) is 14.2. The molecule has 20 heavy (non-hydrogen) atoms. The van der Waals surface area contributed by atoms with E-state index in [4.69, 9.17) is 5.73 Å². The number of rotatable bonds is 2. The largest absolute Gasteiger partial charge is 0.349 e. The first-order chi connectivity index (χ1) is 9.61. The van der Waals surface area contributed by atoms with Crippen LogP contribution in [-0.4, -0.2) is 17.7 Å². The van der Waals surface area contributed by atoms with Crippen LogP contribution in [0.2, 0.25) is 0 Å². The summed E-state index contributed by atoms with van der Waals surface area (Å²) in [6.07, 6.45) is 3.92. The summed E-state index contributed by atoms with van der Waals surface area (Å²) in [5.41, 5.74) is 7.02. The van der Waals surface area contributed by atoms with Crippen molar-refractivity contribution in [3.8, 4) is 0 Å². The molecule has 1 saturated carbocycles. The van der Waals surface area contributed by atoms with Crippen molar-refractivity contribution in [2.45, 2.75) is 49.6 Å². The average molecular weight is 290 g/mol. The third-order valence-electron chi connectivity index (χ3n) is 4.81. The molecule has 2 aliphatic rings. The van der Waals surface area contributed by atoms with Gasteiger partial charge in [-0.3, -0.25) is 4.79 Å². The van der Waals surface area contributed by atoms with Crippen LogP contribution in [0, 0.1) is 5.41 Å². The molecule has 3 rings (SSSR count). The molecule has 1 aliphatic heterocycles. The molecule has 3 atom stereocenters. The van der Waals surface area contributed by atoms with Crippen molar-refractivity contribution >= 4 is 17.7 Å². The van der Waals surface area contributed by atoms with Gasteiger partial charge in [0.2, 0.25) is 5.91 Å². The summed E-state index contributed by atoms with van der Waals surface area (Å²) in [5, 5.41) is 3.26. The van der Waals surface area contributed by atoms with Gasteiger partial charge in [0.1, 0.15) is 0 Å². The Kier molecular flexibility index (Phi) is 3.78. The summed E-state index contributed by atoms with van der Waals surface area (Å²) in [5.74, 6) is 1.19. The third kappa shape index (κ3) is 2.35. The van der Waals surface area contributed by atoms with E-state index in [9.17, 15) is 4.79 Å². The fraction of sp³-hybridized carbons (Fsp3) is 0.562. The van der Waals surface area contributed by atoms with E-state index >= 15 is 0 Å². The molecule has 0 aromatic heterocycles. The summed E-state index contributed by atoms with van der Waals surface area (Å²) in [6.45, 7) is 2.02. The summed E-state index contributed by atoms with van der Waals surface area (Å²) in [6, 6.07) is 8.52. The van der Waals surface area contributed by atoms with Gasteiger partial charge in [0.25, 0.3) is 0 Å². The fourth-order valence-electron chi connectivity index (χ4n) is 3.29. The maximum absolute atomic E-state index is 12.7. The van der Waals surface area contributed by atoms with Crippen molar-refractivity contribution in [1.29, 1.82) is 0 Å². The van der Waals surface area contributed by atoms with Crippen LogP contribution in [0.25, 0.3) is 0 Å². The second-order valence-electron chi connectivity index (χ2n) is 6.12. The number of carbonyl (C=O) groups is 1. The molecule has 0 radical (unpaired) electrons. The number of fused-ring (bicyclic) bond motifs is 1. The summed E-state index contributed by atoms with van der Waals surface area (Å²) >= 11 is 1.88. The zero-order valence-corrected chi connectivity index (χ0v) is 12.7. The quantitative estimate of drug-likeness (QED) is 0.880. The van der Waals surface area contributed by atoms with Gasteiger partial charge in [-0.1, -0.05) is 24.6 Å². The third-order valence-corrected chi connectivity index (χ3v) is 5.93. The minimum Gasteiger partial charge on any atom is -0.349 e. The summed E-state index contributed by atoms with van der Waals surface area (Å²) in [4.78, 5) is 14.0. The van der Waals surface area contributed by atoms with Gasteiger partial charge in [-0.25, -0.2) is 0 Å². The van der Waals surface area contributed by atoms with E-state index in [0.29, 0.717) is 0 Å². The molecule has 4 heteroatoms. The second kappa shape index (κ2) is 5.41. The van der Waals surface area contributed by atoms with Gasteiger partial charge in [0.05, 0.1) is 11.5 Å². The molecule has 0 bridgehead atoms. The minimum atomic E-state index is -0.389. The van der Waals surface area contributed by atoms with Crippen LogP contribution in [0.3, 0.4) is 0 Å². The van der Waals surface area contributed by atoms with Crippen LogP contribution in [0.15, 0.2) is 29.2 Å². The molecule has 1 fully saturated rings. The monoisotopic (exact) mass is 290 g/mol. The van der Waals surface area contributed by atoms with Crippen LogP contribution in [0.4, 0.5) is 0 Å². The Bertz CT molecular complexity index is 519. The maximum Gasteiger partial charge on any atom is 0.227 e. The van der Waals surface area contributed by atoms with Crippen molar-refractivity contribution in [3.63, 3.8) is 0 Å². The minimum absolute atomic E-state index is 0.00397. The highest BCUT2D eigenvalue weighted by atomic mass is 32.2.